The highest BCUT2D eigenvalue weighted by molar-refractivity contribution is 8.09. The van der Waals surface area contributed by atoms with Crippen LogP contribution in [0, 0.1) is 11.6 Å². The molecule has 2 aromatic carbocycles. The van der Waals surface area contributed by atoms with Gasteiger partial charge in [-0.2, -0.15) is 0 Å². The topological polar surface area (TPSA) is 132 Å². The van der Waals surface area contributed by atoms with Crippen LogP contribution in [0.3, 0.4) is 0 Å². The van der Waals surface area contributed by atoms with E-state index in [1.807, 2.05) is 18.2 Å². The quantitative estimate of drug-likeness (QED) is 0.283. The maximum Gasteiger partial charge on any atom is 0.255 e. The van der Waals surface area contributed by atoms with Gasteiger partial charge < -0.3 is 22.1 Å². The van der Waals surface area contributed by atoms with Crippen LogP contribution in [-0.2, 0) is 6.54 Å². The summed E-state index contributed by atoms with van der Waals surface area (Å²) in [5, 5.41) is 6.99. The lowest BCUT2D eigenvalue weighted by atomic mass is 10.1. The Bertz CT molecular complexity index is 1530. The van der Waals surface area contributed by atoms with Gasteiger partial charge in [-0.1, -0.05) is 18.2 Å². The molecule has 6 N–H and O–H groups in total. The standard InChI is InChI=1S/C26H23F2N7OS/c27-20-4-1-14(7-21(20)28)10-33-26(36)19-9-16(29)11-31-25(19)32-12-17-3-6-23(37-17)15-2-5-22-18(8-15)24(30)35-13-34-22/h1-2,4-9,11,13,17H,3,10,12,29H2,(H,31,32)(H,33,36)(H2,30,34,35). The zero-order chi connectivity index (χ0) is 25.9. The fraction of sp³-hybridized carbons (Fsp3) is 0.154. The lowest BCUT2D eigenvalue weighted by Crippen LogP contribution is -2.25. The number of halogens is 2. The molecule has 0 saturated heterocycles. The highest BCUT2D eigenvalue weighted by Gasteiger charge is 2.21. The molecule has 0 bridgehead atoms. The van der Waals surface area contributed by atoms with Crippen molar-refractivity contribution in [3.05, 3.63) is 89.4 Å². The Morgan fingerprint density at radius 2 is 1.92 bits per heavy atom. The summed E-state index contributed by atoms with van der Waals surface area (Å²) in [7, 11) is 0. The van der Waals surface area contributed by atoms with Crippen LogP contribution in [0.15, 0.2) is 61.1 Å². The number of rotatable bonds is 7. The molecule has 1 amide bonds. The number of benzene rings is 2. The number of carbonyl (C=O) groups is 1. The number of amides is 1. The Balaban J connectivity index is 1.22. The summed E-state index contributed by atoms with van der Waals surface area (Å²) in [5.41, 5.74) is 14.8. The summed E-state index contributed by atoms with van der Waals surface area (Å²) in [5.74, 6) is -1.51. The number of anilines is 3. The van der Waals surface area contributed by atoms with Gasteiger partial charge in [-0.25, -0.2) is 23.7 Å². The SMILES string of the molecule is Nc1cnc(NCC2CC=C(c3ccc4ncnc(N)c4c3)S2)c(C(=O)NCc2ccc(F)c(F)c2)c1. The average molecular weight is 520 g/mol. The predicted octanol–water partition coefficient (Wildman–Crippen LogP) is 4.36. The number of nitrogens with zero attached hydrogens (tertiary/aromatic N) is 3. The number of nitrogen functional groups attached to an aromatic ring is 2. The molecule has 0 saturated carbocycles. The van der Waals surface area contributed by atoms with Crippen molar-refractivity contribution in [3.63, 3.8) is 0 Å². The fourth-order valence-electron chi connectivity index (χ4n) is 3.99. The molecule has 0 spiro atoms. The molecule has 5 rings (SSSR count). The van der Waals surface area contributed by atoms with E-state index in [1.165, 1.54) is 24.7 Å². The Morgan fingerprint density at radius 1 is 1.05 bits per heavy atom. The summed E-state index contributed by atoms with van der Waals surface area (Å²) in [6.07, 6.45) is 5.93. The van der Waals surface area contributed by atoms with E-state index in [-0.39, 0.29) is 17.4 Å². The van der Waals surface area contributed by atoms with Gasteiger partial charge in [-0.05, 0) is 47.9 Å². The Morgan fingerprint density at radius 3 is 2.76 bits per heavy atom. The number of nitrogens with one attached hydrogen (secondary N) is 2. The zero-order valence-corrected chi connectivity index (χ0v) is 20.4. The minimum Gasteiger partial charge on any atom is -0.397 e. The summed E-state index contributed by atoms with van der Waals surface area (Å²) >= 11 is 1.72. The van der Waals surface area contributed by atoms with E-state index >= 15 is 0 Å². The smallest absolute Gasteiger partial charge is 0.255 e. The van der Waals surface area contributed by atoms with Crippen LogP contribution in [0.2, 0.25) is 0 Å². The molecule has 1 aliphatic heterocycles. The first-order chi connectivity index (χ1) is 17.9. The first kappa shape index (κ1) is 24.4. The fourth-order valence-corrected chi connectivity index (χ4v) is 5.16. The highest BCUT2D eigenvalue weighted by atomic mass is 32.2. The maximum absolute atomic E-state index is 13.5. The van der Waals surface area contributed by atoms with Gasteiger partial charge >= 0.3 is 0 Å². The lowest BCUT2D eigenvalue weighted by molar-refractivity contribution is 0.0951. The lowest BCUT2D eigenvalue weighted by Gasteiger charge is -2.15. The highest BCUT2D eigenvalue weighted by Crippen LogP contribution is 2.40. The monoisotopic (exact) mass is 519 g/mol. The molecule has 11 heteroatoms. The van der Waals surface area contributed by atoms with Crippen molar-refractivity contribution >= 4 is 50.8 Å². The number of pyridine rings is 1. The molecule has 1 unspecified atom stereocenters. The van der Waals surface area contributed by atoms with Crippen LogP contribution >= 0.6 is 11.8 Å². The van der Waals surface area contributed by atoms with Crippen molar-refractivity contribution in [1.82, 2.24) is 20.3 Å². The molecular weight excluding hydrogens is 496 g/mol. The maximum atomic E-state index is 13.5. The summed E-state index contributed by atoms with van der Waals surface area (Å²) in [6, 6.07) is 11.0. The van der Waals surface area contributed by atoms with Crippen LogP contribution in [0.1, 0.15) is 27.9 Å². The molecule has 8 nitrogen and oxygen atoms in total. The van der Waals surface area contributed by atoms with Gasteiger partial charge in [0.2, 0.25) is 0 Å². The van der Waals surface area contributed by atoms with Gasteiger partial charge in [-0.15, -0.1) is 11.8 Å². The van der Waals surface area contributed by atoms with Crippen LogP contribution in [0.4, 0.5) is 26.1 Å². The van der Waals surface area contributed by atoms with E-state index in [9.17, 15) is 13.6 Å². The van der Waals surface area contributed by atoms with E-state index in [1.54, 1.807) is 11.8 Å². The second-order valence-corrected chi connectivity index (χ2v) is 9.85. The van der Waals surface area contributed by atoms with Crippen LogP contribution in [-0.4, -0.2) is 32.7 Å². The van der Waals surface area contributed by atoms with E-state index in [4.69, 9.17) is 11.5 Å². The third-order valence-electron chi connectivity index (χ3n) is 5.90. The van der Waals surface area contributed by atoms with E-state index in [2.05, 4.69) is 31.7 Å². The largest absolute Gasteiger partial charge is 0.397 e. The van der Waals surface area contributed by atoms with Crippen molar-refractivity contribution < 1.29 is 13.6 Å². The summed E-state index contributed by atoms with van der Waals surface area (Å²) in [4.78, 5) is 26.6. The molecule has 188 valence electrons. The molecule has 0 radical (unpaired) electrons. The number of hydrogen-bond donors (Lipinski definition) is 4. The molecule has 2 aromatic heterocycles. The number of nitrogens with two attached hydrogens (primary N) is 2. The molecule has 0 fully saturated rings. The normalized spacial score (nSPS) is 15.0. The number of hydrogen-bond acceptors (Lipinski definition) is 8. The van der Waals surface area contributed by atoms with Crippen molar-refractivity contribution in [1.29, 1.82) is 0 Å². The Kier molecular flexibility index (Phi) is 6.87. The zero-order valence-electron chi connectivity index (χ0n) is 19.5. The van der Waals surface area contributed by atoms with E-state index in [0.717, 1.165) is 39.9 Å². The molecule has 3 heterocycles. The van der Waals surface area contributed by atoms with Gasteiger partial charge in [0.05, 0.1) is 23.0 Å². The number of fused-ring (bicyclic) bond motifs is 1. The van der Waals surface area contributed by atoms with Crippen molar-refractivity contribution in [2.45, 2.75) is 18.2 Å². The third-order valence-corrected chi connectivity index (χ3v) is 7.25. The Hall–Kier alpha value is -4.25. The number of thioether (sulfide) groups is 1. The molecule has 1 atom stereocenters. The summed E-state index contributed by atoms with van der Waals surface area (Å²) in [6.45, 7) is 0.585. The Labute approximate surface area is 215 Å². The molecular formula is C26H23F2N7OS. The van der Waals surface area contributed by atoms with Crippen LogP contribution in [0.5, 0.6) is 0 Å². The minimum absolute atomic E-state index is 0.0251. The minimum atomic E-state index is -0.970. The van der Waals surface area contributed by atoms with Gasteiger partial charge in [0.25, 0.3) is 5.91 Å². The number of allylic oxidation sites excluding steroid dienone is 1. The third kappa shape index (κ3) is 5.46. The van der Waals surface area contributed by atoms with Gasteiger partial charge in [0, 0.05) is 28.6 Å². The van der Waals surface area contributed by atoms with Gasteiger partial charge in [-0.3, -0.25) is 4.79 Å². The second-order valence-electron chi connectivity index (χ2n) is 8.51. The number of aromatic nitrogens is 3. The van der Waals surface area contributed by atoms with Crippen LogP contribution < -0.4 is 22.1 Å². The number of carbonyl (C=O) groups excluding carboxylic acids is 1. The van der Waals surface area contributed by atoms with Crippen molar-refractivity contribution in [3.8, 4) is 0 Å². The molecule has 0 aliphatic carbocycles. The van der Waals surface area contributed by atoms with Crippen molar-refractivity contribution in [2.24, 2.45) is 0 Å². The van der Waals surface area contributed by atoms with E-state index < -0.39 is 17.5 Å². The van der Waals surface area contributed by atoms with Gasteiger partial charge in [0.1, 0.15) is 18.0 Å². The van der Waals surface area contributed by atoms with Gasteiger partial charge in [0.15, 0.2) is 11.6 Å². The molecule has 4 aromatic rings. The van der Waals surface area contributed by atoms with Crippen LogP contribution in [0.25, 0.3) is 15.8 Å². The predicted molar refractivity (Wildman–Crippen MR) is 143 cm³/mol. The second kappa shape index (κ2) is 10.4. The van der Waals surface area contributed by atoms with Crippen molar-refractivity contribution in [2.75, 3.05) is 23.3 Å². The first-order valence-corrected chi connectivity index (χ1v) is 12.3. The molecule has 37 heavy (non-hydrogen) atoms. The summed E-state index contributed by atoms with van der Waals surface area (Å²) < 4.78 is 26.6. The first-order valence-electron chi connectivity index (χ1n) is 11.5. The average Bonchev–Trinajstić information content (AvgIpc) is 3.37. The van der Waals surface area contributed by atoms with E-state index in [0.29, 0.717) is 29.4 Å². The molecule has 1 aliphatic rings.